The predicted octanol–water partition coefficient (Wildman–Crippen LogP) is 3.38. The lowest BCUT2D eigenvalue weighted by Crippen LogP contribution is -2.48. The average Bonchev–Trinajstić information content (AvgIpc) is 2.40. The first kappa shape index (κ1) is 16.9. The zero-order valence-electron chi connectivity index (χ0n) is 13.3. The van der Waals surface area contributed by atoms with Gasteiger partial charge in [-0.3, -0.25) is 0 Å². The molecule has 1 atom stereocenters. The minimum absolute atomic E-state index is 0.0399. The molecule has 3 heteroatoms. The molecule has 1 rings (SSSR count). The molecule has 0 amide bonds. The highest BCUT2D eigenvalue weighted by molar-refractivity contribution is 4.89. The fraction of sp³-hybridized carbons (Fsp3) is 1.00. The Labute approximate surface area is 119 Å². The summed E-state index contributed by atoms with van der Waals surface area (Å²) in [5, 5.41) is 3.56. The maximum Gasteiger partial charge on any atom is 0.0811 e. The molecule has 1 aliphatic rings. The van der Waals surface area contributed by atoms with Crippen LogP contribution in [0.3, 0.4) is 0 Å². The lowest BCUT2D eigenvalue weighted by molar-refractivity contribution is -0.130. The Morgan fingerprint density at radius 2 is 1.95 bits per heavy atom. The molecule has 1 unspecified atom stereocenters. The van der Waals surface area contributed by atoms with Gasteiger partial charge in [0.25, 0.3) is 0 Å². The largest absolute Gasteiger partial charge is 0.379 e. The molecule has 0 heterocycles. The van der Waals surface area contributed by atoms with E-state index in [1.54, 1.807) is 0 Å². The highest BCUT2D eigenvalue weighted by Gasteiger charge is 2.36. The maximum absolute atomic E-state index is 6.39. The molecule has 1 N–H and O–H groups in total. The Kier molecular flexibility index (Phi) is 7.96. The highest BCUT2D eigenvalue weighted by Crippen LogP contribution is 2.35. The Bertz CT molecular complexity index is 225. The van der Waals surface area contributed by atoms with Gasteiger partial charge in [-0.1, -0.05) is 13.8 Å². The van der Waals surface area contributed by atoms with Crippen LogP contribution in [0.2, 0.25) is 0 Å². The highest BCUT2D eigenvalue weighted by atomic mass is 16.5. The Balaban J connectivity index is 2.48. The summed E-state index contributed by atoms with van der Waals surface area (Å²) in [7, 11) is 0. The first-order valence-corrected chi connectivity index (χ1v) is 8.08. The summed E-state index contributed by atoms with van der Waals surface area (Å²) >= 11 is 0. The molecule has 3 nitrogen and oxygen atoms in total. The Morgan fingerprint density at radius 1 is 1.26 bits per heavy atom. The van der Waals surface area contributed by atoms with E-state index in [-0.39, 0.29) is 11.7 Å². The van der Waals surface area contributed by atoms with Gasteiger partial charge < -0.3 is 14.8 Å². The quantitative estimate of drug-likeness (QED) is 0.652. The lowest BCUT2D eigenvalue weighted by Gasteiger charge is -2.41. The number of hydrogen-bond donors (Lipinski definition) is 1. The summed E-state index contributed by atoms with van der Waals surface area (Å²) in [6.45, 7) is 12.3. The van der Waals surface area contributed by atoms with Crippen LogP contribution in [0.1, 0.15) is 59.8 Å². The molecule has 1 aliphatic carbocycles. The second-order valence-electron chi connectivity index (χ2n) is 6.13. The van der Waals surface area contributed by atoms with Gasteiger partial charge in [0.15, 0.2) is 0 Å². The zero-order chi connectivity index (χ0) is 14.1. The molecule has 0 aliphatic heterocycles. The van der Waals surface area contributed by atoms with E-state index in [1.807, 2.05) is 6.92 Å². The SMILES string of the molecule is CCCNCC1(OC(C)COCC)CCC(C)CC1. The lowest BCUT2D eigenvalue weighted by atomic mass is 9.79. The maximum atomic E-state index is 6.39. The topological polar surface area (TPSA) is 30.5 Å². The average molecular weight is 271 g/mol. The van der Waals surface area contributed by atoms with Gasteiger partial charge in [-0.25, -0.2) is 0 Å². The van der Waals surface area contributed by atoms with Crippen LogP contribution >= 0.6 is 0 Å². The van der Waals surface area contributed by atoms with Crippen LogP contribution < -0.4 is 5.32 Å². The van der Waals surface area contributed by atoms with Crippen LogP contribution in [0.25, 0.3) is 0 Å². The minimum Gasteiger partial charge on any atom is -0.379 e. The first-order chi connectivity index (χ1) is 9.12. The summed E-state index contributed by atoms with van der Waals surface area (Å²) in [5.41, 5.74) is 0.0399. The van der Waals surface area contributed by atoms with Crippen molar-refractivity contribution in [2.75, 3.05) is 26.3 Å². The molecular formula is C16H33NO2. The van der Waals surface area contributed by atoms with E-state index in [9.17, 15) is 0 Å². The van der Waals surface area contributed by atoms with Gasteiger partial charge in [0, 0.05) is 13.2 Å². The number of ether oxygens (including phenoxy) is 2. The summed E-state index contributed by atoms with van der Waals surface area (Å²) in [6.07, 6.45) is 6.31. The fourth-order valence-electron chi connectivity index (χ4n) is 2.86. The molecule has 0 radical (unpaired) electrons. The molecule has 0 saturated heterocycles. The van der Waals surface area contributed by atoms with Gasteiger partial charge in [-0.15, -0.1) is 0 Å². The molecule has 1 fully saturated rings. The van der Waals surface area contributed by atoms with Crippen LogP contribution in [0.4, 0.5) is 0 Å². The zero-order valence-corrected chi connectivity index (χ0v) is 13.3. The molecular weight excluding hydrogens is 238 g/mol. The van der Waals surface area contributed by atoms with Gasteiger partial charge in [0.05, 0.1) is 18.3 Å². The Morgan fingerprint density at radius 3 is 2.53 bits per heavy atom. The summed E-state index contributed by atoms with van der Waals surface area (Å²) < 4.78 is 11.9. The predicted molar refractivity (Wildman–Crippen MR) is 80.6 cm³/mol. The van der Waals surface area contributed by atoms with Gasteiger partial charge in [0.1, 0.15) is 0 Å². The van der Waals surface area contributed by atoms with E-state index in [1.165, 1.54) is 32.1 Å². The smallest absolute Gasteiger partial charge is 0.0811 e. The van der Waals surface area contributed by atoms with Crippen LogP contribution in [0.5, 0.6) is 0 Å². The summed E-state index contributed by atoms with van der Waals surface area (Å²) in [5.74, 6) is 0.852. The monoisotopic (exact) mass is 271 g/mol. The number of hydrogen-bond acceptors (Lipinski definition) is 3. The standard InChI is InChI=1S/C16H33NO2/c1-5-11-17-13-16(9-7-14(3)8-10-16)19-15(4)12-18-6-2/h14-15,17H,5-13H2,1-4H3. The molecule has 19 heavy (non-hydrogen) atoms. The molecule has 0 bridgehead atoms. The van der Waals surface area contributed by atoms with Gasteiger partial charge in [-0.05, 0) is 58.4 Å². The Hall–Kier alpha value is -0.120. The van der Waals surface area contributed by atoms with Gasteiger partial charge in [-0.2, -0.15) is 0 Å². The summed E-state index contributed by atoms with van der Waals surface area (Å²) in [4.78, 5) is 0. The van der Waals surface area contributed by atoms with E-state index < -0.39 is 0 Å². The second kappa shape index (κ2) is 8.93. The molecule has 114 valence electrons. The van der Waals surface area contributed by atoms with Crippen molar-refractivity contribution in [3.8, 4) is 0 Å². The van der Waals surface area contributed by atoms with Crippen molar-refractivity contribution in [3.63, 3.8) is 0 Å². The third-order valence-corrected chi connectivity index (χ3v) is 4.07. The van der Waals surface area contributed by atoms with Crippen molar-refractivity contribution in [1.82, 2.24) is 5.32 Å². The fourth-order valence-corrected chi connectivity index (χ4v) is 2.86. The van der Waals surface area contributed by atoms with Crippen molar-refractivity contribution >= 4 is 0 Å². The third-order valence-electron chi connectivity index (χ3n) is 4.07. The van der Waals surface area contributed by atoms with Crippen LogP contribution in [-0.2, 0) is 9.47 Å². The van der Waals surface area contributed by atoms with Crippen LogP contribution in [0.15, 0.2) is 0 Å². The van der Waals surface area contributed by atoms with Crippen LogP contribution in [0, 0.1) is 5.92 Å². The normalized spacial score (nSPS) is 29.4. The van der Waals surface area contributed by atoms with Crippen molar-refractivity contribution in [2.24, 2.45) is 5.92 Å². The van der Waals surface area contributed by atoms with E-state index in [0.29, 0.717) is 6.61 Å². The van der Waals surface area contributed by atoms with Gasteiger partial charge in [0.2, 0.25) is 0 Å². The van der Waals surface area contributed by atoms with E-state index in [4.69, 9.17) is 9.47 Å². The molecule has 0 aromatic rings. The number of nitrogens with one attached hydrogen (secondary N) is 1. The molecule has 0 aromatic carbocycles. The first-order valence-electron chi connectivity index (χ1n) is 8.08. The molecule has 1 saturated carbocycles. The van der Waals surface area contributed by atoms with E-state index in [2.05, 4.69) is 26.1 Å². The van der Waals surface area contributed by atoms with E-state index >= 15 is 0 Å². The van der Waals surface area contributed by atoms with Gasteiger partial charge >= 0.3 is 0 Å². The van der Waals surface area contributed by atoms with Crippen molar-refractivity contribution < 1.29 is 9.47 Å². The second-order valence-corrected chi connectivity index (χ2v) is 6.13. The van der Waals surface area contributed by atoms with Crippen molar-refractivity contribution in [2.45, 2.75) is 71.5 Å². The molecule has 0 spiro atoms. The van der Waals surface area contributed by atoms with E-state index in [0.717, 1.165) is 25.6 Å². The molecule has 0 aromatic heterocycles. The summed E-state index contributed by atoms with van der Waals surface area (Å²) in [6, 6.07) is 0. The van der Waals surface area contributed by atoms with Crippen molar-refractivity contribution in [3.05, 3.63) is 0 Å². The number of rotatable bonds is 9. The van der Waals surface area contributed by atoms with Crippen molar-refractivity contribution in [1.29, 1.82) is 0 Å². The van der Waals surface area contributed by atoms with Crippen LogP contribution in [-0.4, -0.2) is 38.0 Å². The third kappa shape index (κ3) is 6.24. The minimum atomic E-state index is 0.0399.